The third-order valence-electron chi connectivity index (χ3n) is 5.86. The van der Waals surface area contributed by atoms with Crippen molar-refractivity contribution >= 4 is 29.4 Å². The van der Waals surface area contributed by atoms with Crippen LogP contribution in [-0.2, 0) is 4.79 Å². The molecule has 3 amide bonds. The number of amides is 3. The lowest BCUT2D eigenvalue weighted by Gasteiger charge is -2.25. The van der Waals surface area contributed by atoms with Crippen LogP contribution in [0.1, 0.15) is 56.2 Å². The van der Waals surface area contributed by atoms with Crippen molar-refractivity contribution in [2.24, 2.45) is 0 Å². The van der Waals surface area contributed by atoms with Gasteiger partial charge in [-0.05, 0) is 57.4 Å². The van der Waals surface area contributed by atoms with Gasteiger partial charge in [-0.2, -0.15) is 0 Å². The van der Waals surface area contributed by atoms with E-state index in [9.17, 15) is 9.59 Å². The highest BCUT2D eigenvalue weighted by molar-refractivity contribution is 8.00. The summed E-state index contributed by atoms with van der Waals surface area (Å²) >= 11 is 1.30. The highest BCUT2D eigenvalue weighted by Crippen LogP contribution is 2.36. The van der Waals surface area contributed by atoms with Crippen molar-refractivity contribution in [3.63, 3.8) is 0 Å². The average Bonchev–Trinajstić information content (AvgIpc) is 3.46. The molecule has 1 fully saturated rings. The Morgan fingerprint density at radius 3 is 2.64 bits per heavy atom. The van der Waals surface area contributed by atoms with Gasteiger partial charge in [0, 0.05) is 11.7 Å². The van der Waals surface area contributed by atoms with E-state index in [1.165, 1.54) is 18.2 Å². The number of nitrogens with one attached hydrogen (secondary N) is 2. The Morgan fingerprint density at radius 2 is 1.94 bits per heavy atom. The van der Waals surface area contributed by atoms with Gasteiger partial charge in [-0.1, -0.05) is 48.7 Å². The zero-order valence-corrected chi connectivity index (χ0v) is 19.9. The minimum atomic E-state index is -0.551. The van der Waals surface area contributed by atoms with Gasteiger partial charge in [0.15, 0.2) is 10.9 Å². The summed E-state index contributed by atoms with van der Waals surface area (Å²) in [5.74, 6) is 0.944. The molecule has 33 heavy (non-hydrogen) atoms. The summed E-state index contributed by atoms with van der Waals surface area (Å²) in [7, 11) is 0. The molecule has 1 unspecified atom stereocenters. The topological polar surface area (TPSA) is 102 Å². The van der Waals surface area contributed by atoms with E-state index in [1.807, 2.05) is 44.2 Å². The number of imide groups is 1. The molecule has 1 aliphatic rings. The Balaban J connectivity index is 1.45. The van der Waals surface area contributed by atoms with Gasteiger partial charge >= 0.3 is 6.03 Å². The lowest BCUT2D eigenvalue weighted by molar-refractivity contribution is -0.119. The summed E-state index contributed by atoms with van der Waals surface area (Å²) in [6.45, 7) is 5.66. The van der Waals surface area contributed by atoms with E-state index in [0.717, 1.165) is 36.8 Å². The van der Waals surface area contributed by atoms with Crippen LogP contribution in [-0.4, -0.2) is 32.0 Å². The van der Waals surface area contributed by atoms with Crippen molar-refractivity contribution in [3.05, 3.63) is 47.7 Å². The van der Waals surface area contributed by atoms with Crippen LogP contribution in [0.5, 0.6) is 0 Å². The van der Waals surface area contributed by atoms with Crippen molar-refractivity contribution in [1.82, 2.24) is 20.1 Å². The number of aromatic nitrogens is 3. The van der Waals surface area contributed by atoms with E-state index in [-0.39, 0.29) is 11.9 Å². The number of thioether (sulfide) groups is 1. The van der Waals surface area contributed by atoms with Crippen molar-refractivity contribution in [2.75, 3.05) is 5.32 Å². The van der Waals surface area contributed by atoms with Gasteiger partial charge in [0.1, 0.15) is 0 Å². The van der Waals surface area contributed by atoms with Crippen molar-refractivity contribution in [1.29, 1.82) is 0 Å². The van der Waals surface area contributed by atoms with Gasteiger partial charge in [0.2, 0.25) is 11.7 Å². The van der Waals surface area contributed by atoms with E-state index >= 15 is 0 Å². The summed E-state index contributed by atoms with van der Waals surface area (Å²) in [5, 5.41) is 14.0. The number of hydrogen-bond acceptors (Lipinski definition) is 6. The van der Waals surface area contributed by atoms with Crippen LogP contribution >= 0.6 is 11.8 Å². The number of carbonyl (C=O) groups is 2. The van der Waals surface area contributed by atoms with Crippen LogP contribution in [0, 0.1) is 13.8 Å². The molecule has 2 N–H and O–H groups in total. The second kappa shape index (κ2) is 10.2. The van der Waals surface area contributed by atoms with E-state index in [1.54, 1.807) is 13.2 Å². The zero-order valence-electron chi connectivity index (χ0n) is 19.1. The summed E-state index contributed by atoms with van der Waals surface area (Å²) in [6, 6.07) is 9.12. The number of urea groups is 1. The second-order valence-electron chi connectivity index (χ2n) is 8.47. The number of rotatable bonds is 6. The minimum absolute atomic E-state index is 0.263. The molecular formula is C24H29N5O3S. The van der Waals surface area contributed by atoms with Gasteiger partial charge in [0.25, 0.3) is 0 Å². The second-order valence-corrected chi connectivity index (χ2v) is 9.78. The molecule has 4 rings (SSSR count). The molecule has 8 nitrogen and oxygen atoms in total. The van der Waals surface area contributed by atoms with Crippen LogP contribution in [0.25, 0.3) is 11.6 Å². The molecule has 0 bridgehead atoms. The molecule has 0 spiro atoms. The van der Waals surface area contributed by atoms with Crippen LogP contribution in [0.2, 0.25) is 0 Å². The van der Waals surface area contributed by atoms with Gasteiger partial charge in [-0.25, -0.2) is 4.79 Å². The lowest BCUT2D eigenvalue weighted by Crippen LogP contribution is -2.39. The number of nitrogens with zero attached hydrogens (tertiary/aromatic N) is 3. The SMILES string of the molecule is Cc1ccc(NC(=O)NC(=O)C(C)Sc2nnc(-c3ccco3)n2C2CCCCC2)c(C)c1. The van der Waals surface area contributed by atoms with Crippen molar-refractivity contribution in [3.8, 4) is 11.6 Å². The fraction of sp³-hybridized carbons (Fsp3) is 0.417. The van der Waals surface area contributed by atoms with Crippen molar-refractivity contribution < 1.29 is 14.0 Å². The van der Waals surface area contributed by atoms with Gasteiger partial charge in [-0.15, -0.1) is 10.2 Å². The maximum atomic E-state index is 12.7. The number of aryl methyl sites for hydroxylation is 2. The highest BCUT2D eigenvalue weighted by Gasteiger charge is 2.27. The number of carbonyl (C=O) groups excluding carboxylic acids is 2. The van der Waals surface area contributed by atoms with Crippen LogP contribution < -0.4 is 10.6 Å². The largest absolute Gasteiger partial charge is 0.461 e. The van der Waals surface area contributed by atoms with Crippen LogP contribution in [0.4, 0.5) is 10.5 Å². The summed E-state index contributed by atoms with van der Waals surface area (Å²) in [6.07, 6.45) is 7.23. The Kier molecular flexibility index (Phi) is 7.17. The molecule has 3 aromatic rings. The first kappa shape index (κ1) is 23.1. The van der Waals surface area contributed by atoms with E-state index in [2.05, 4.69) is 25.4 Å². The number of benzene rings is 1. The lowest BCUT2D eigenvalue weighted by atomic mass is 9.95. The van der Waals surface area contributed by atoms with Gasteiger partial charge in [-0.3, -0.25) is 14.7 Å². The third-order valence-corrected chi connectivity index (χ3v) is 6.92. The van der Waals surface area contributed by atoms with Crippen molar-refractivity contribution in [2.45, 2.75) is 69.3 Å². The minimum Gasteiger partial charge on any atom is -0.461 e. The maximum absolute atomic E-state index is 12.7. The Labute approximate surface area is 197 Å². The first-order valence-electron chi connectivity index (χ1n) is 11.3. The number of furan rings is 1. The van der Waals surface area contributed by atoms with E-state index in [0.29, 0.717) is 22.4 Å². The molecule has 9 heteroatoms. The Bertz CT molecular complexity index is 1120. The molecule has 1 saturated carbocycles. The van der Waals surface area contributed by atoms with Crippen LogP contribution in [0.15, 0.2) is 46.2 Å². The molecule has 1 atom stereocenters. The third kappa shape index (κ3) is 5.47. The molecular weight excluding hydrogens is 438 g/mol. The maximum Gasteiger partial charge on any atom is 0.325 e. The first-order valence-corrected chi connectivity index (χ1v) is 12.1. The Morgan fingerprint density at radius 1 is 1.15 bits per heavy atom. The average molecular weight is 468 g/mol. The molecule has 1 aliphatic carbocycles. The van der Waals surface area contributed by atoms with Gasteiger partial charge < -0.3 is 9.73 Å². The monoisotopic (exact) mass is 467 g/mol. The Hall–Kier alpha value is -3.07. The number of hydrogen-bond donors (Lipinski definition) is 2. The summed E-state index contributed by atoms with van der Waals surface area (Å²) < 4.78 is 7.68. The van der Waals surface area contributed by atoms with Gasteiger partial charge in [0.05, 0.1) is 11.5 Å². The quantitative estimate of drug-likeness (QED) is 0.465. The highest BCUT2D eigenvalue weighted by atomic mass is 32.2. The molecule has 1 aromatic carbocycles. The van der Waals surface area contributed by atoms with E-state index in [4.69, 9.17) is 4.42 Å². The summed E-state index contributed by atoms with van der Waals surface area (Å²) in [5.41, 5.74) is 2.72. The standard InChI is InChI=1S/C24H29N5O3S/c1-15-11-12-19(16(2)14-15)25-23(31)26-22(30)17(3)33-24-28-27-21(20-10-7-13-32-20)29(24)18-8-5-4-6-9-18/h7,10-14,17-18H,4-6,8-9H2,1-3H3,(H2,25,26,30,31). The smallest absolute Gasteiger partial charge is 0.325 e. The van der Waals surface area contributed by atoms with Crippen LogP contribution in [0.3, 0.4) is 0 Å². The molecule has 2 heterocycles. The molecule has 0 aliphatic heterocycles. The molecule has 2 aromatic heterocycles. The predicted octanol–water partition coefficient (Wildman–Crippen LogP) is 5.49. The number of anilines is 1. The fourth-order valence-electron chi connectivity index (χ4n) is 4.13. The fourth-order valence-corrected chi connectivity index (χ4v) is 5.05. The zero-order chi connectivity index (χ0) is 23.4. The predicted molar refractivity (Wildman–Crippen MR) is 128 cm³/mol. The molecule has 174 valence electrons. The summed E-state index contributed by atoms with van der Waals surface area (Å²) in [4.78, 5) is 25.1. The molecule has 0 radical (unpaired) electrons. The molecule has 0 saturated heterocycles. The normalized spacial score (nSPS) is 15.2. The first-order chi connectivity index (χ1) is 15.9. The van der Waals surface area contributed by atoms with E-state index < -0.39 is 11.3 Å².